The molecule has 2 aromatic rings. The highest BCUT2D eigenvalue weighted by atomic mass is 35.5. The largest absolute Gasteiger partial charge is 0.359 e. The highest BCUT2D eigenvalue weighted by Gasteiger charge is 2.23. The van der Waals surface area contributed by atoms with Crippen molar-refractivity contribution >= 4 is 28.8 Å². The summed E-state index contributed by atoms with van der Waals surface area (Å²) in [5.41, 5.74) is -0.279. The summed E-state index contributed by atoms with van der Waals surface area (Å²) in [6.07, 6.45) is 1.79. The van der Waals surface area contributed by atoms with E-state index >= 15 is 0 Å². The van der Waals surface area contributed by atoms with Crippen molar-refractivity contribution in [2.75, 3.05) is 5.32 Å². The summed E-state index contributed by atoms with van der Waals surface area (Å²) in [4.78, 5) is 12.6. The van der Waals surface area contributed by atoms with Crippen molar-refractivity contribution in [1.82, 2.24) is 15.0 Å². The van der Waals surface area contributed by atoms with Crippen molar-refractivity contribution in [3.63, 3.8) is 0 Å². The fourth-order valence-corrected chi connectivity index (χ4v) is 2.44. The SMILES string of the molecule is Cc1nc(Cl)cc(NC(C)(C)c2nccs2)n1. The first-order chi connectivity index (χ1) is 7.97. The molecule has 0 saturated heterocycles. The Morgan fingerprint density at radius 1 is 1.35 bits per heavy atom. The summed E-state index contributed by atoms with van der Waals surface area (Å²) in [6, 6.07) is 1.71. The van der Waals surface area contributed by atoms with Crippen molar-refractivity contribution < 1.29 is 0 Å². The van der Waals surface area contributed by atoms with Gasteiger partial charge in [0, 0.05) is 17.6 Å². The maximum absolute atomic E-state index is 5.90. The van der Waals surface area contributed by atoms with Crippen LogP contribution in [0.15, 0.2) is 17.6 Å². The van der Waals surface area contributed by atoms with Gasteiger partial charge in [-0.1, -0.05) is 11.6 Å². The monoisotopic (exact) mass is 268 g/mol. The predicted molar refractivity (Wildman–Crippen MR) is 70.5 cm³/mol. The molecule has 2 aromatic heterocycles. The molecule has 0 unspecified atom stereocenters. The van der Waals surface area contributed by atoms with E-state index in [1.165, 1.54) is 0 Å². The van der Waals surface area contributed by atoms with Crippen LogP contribution in [-0.4, -0.2) is 15.0 Å². The summed E-state index contributed by atoms with van der Waals surface area (Å²) in [5.74, 6) is 1.36. The first-order valence-electron chi connectivity index (χ1n) is 5.17. The van der Waals surface area contributed by atoms with Gasteiger partial charge in [0.05, 0.1) is 5.54 Å². The van der Waals surface area contributed by atoms with E-state index in [0.29, 0.717) is 16.8 Å². The topological polar surface area (TPSA) is 50.7 Å². The molecule has 0 aliphatic heterocycles. The number of halogens is 1. The van der Waals surface area contributed by atoms with E-state index < -0.39 is 0 Å². The van der Waals surface area contributed by atoms with Crippen molar-refractivity contribution in [1.29, 1.82) is 0 Å². The van der Waals surface area contributed by atoms with Crippen molar-refractivity contribution in [2.45, 2.75) is 26.3 Å². The molecule has 17 heavy (non-hydrogen) atoms. The number of aryl methyl sites for hydroxylation is 1. The molecular weight excluding hydrogens is 256 g/mol. The Morgan fingerprint density at radius 2 is 2.12 bits per heavy atom. The Morgan fingerprint density at radius 3 is 2.71 bits per heavy atom. The normalized spacial score (nSPS) is 11.5. The summed E-state index contributed by atoms with van der Waals surface area (Å²) in [6.45, 7) is 5.92. The molecule has 1 N–H and O–H groups in total. The van der Waals surface area contributed by atoms with Crippen molar-refractivity contribution in [3.8, 4) is 0 Å². The van der Waals surface area contributed by atoms with Gasteiger partial charge >= 0.3 is 0 Å². The van der Waals surface area contributed by atoms with Crippen LogP contribution in [0, 0.1) is 6.92 Å². The van der Waals surface area contributed by atoms with Gasteiger partial charge in [0.2, 0.25) is 0 Å². The third kappa shape index (κ3) is 2.92. The van der Waals surface area contributed by atoms with Gasteiger partial charge in [0.1, 0.15) is 21.8 Å². The Hall–Kier alpha value is -1.20. The van der Waals surface area contributed by atoms with Gasteiger partial charge in [-0.2, -0.15) is 0 Å². The van der Waals surface area contributed by atoms with Gasteiger partial charge < -0.3 is 5.32 Å². The minimum atomic E-state index is -0.279. The van der Waals surface area contributed by atoms with Gasteiger partial charge in [0.15, 0.2) is 0 Å². The number of hydrogen-bond donors (Lipinski definition) is 1. The summed E-state index contributed by atoms with van der Waals surface area (Å²) >= 11 is 7.51. The summed E-state index contributed by atoms with van der Waals surface area (Å²) in [7, 11) is 0. The smallest absolute Gasteiger partial charge is 0.134 e. The zero-order valence-electron chi connectivity index (χ0n) is 9.86. The second-order valence-electron chi connectivity index (χ2n) is 4.21. The molecule has 0 amide bonds. The lowest BCUT2D eigenvalue weighted by Gasteiger charge is -2.24. The van der Waals surface area contributed by atoms with E-state index in [9.17, 15) is 0 Å². The molecule has 0 aromatic carbocycles. The molecule has 0 radical (unpaired) electrons. The first-order valence-corrected chi connectivity index (χ1v) is 6.42. The van der Waals surface area contributed by atoms with E-state index in [2.05, 4.69) is 34.1 Å². The number of hydrogen-bond acceptors (Lipinski definition) is 5. The number of aromatic nitrogens is 3. The number of nitrogens with one attached hydrogen (secondary N) is 1. The quantitative estimate of drug-likeness (QED) is 0.869. The van der Waals surface area contributed by atoms with Crippen LogP contribution in [0.4, 0.5) is 5.82 Å². The summed E-state index contributed by atoms with van der Waals surface area (Å²) < 4.78 is 0. The molecule has 0 aliphatic rings. The van der Waals surface area contributed by atoms with Gasteiger partial charge in [-0.15, -0.1) is 11.3 Å². The Bertz CT molecular complexity index is 490. The van der Waals surface area contributed by atoms with Crippen molar-refractivity contribution in [3.05, 3.63) is 33.6 Å². The van der Waals surface area contributed by atoms with E-state index in [-0.39, 0.29) is 5.54 Å². The zero-order valence-corrected chi connectivity index (χ0v) is 11.4. The average Bonchev–Trinajstić information content (AvgIpc) is 2.67. The third-order valence-corrected chi connectivity index (χ3v) is 3.50. The second kappa shape index (κ2) is 4.58. The number of nitrogens with zero attached hydrogens (tertiary/aromatic N) is 3. The zero-order chi connectivity index (χ0) is 12.5. The highest BCUT2D eigenvalue weighted by Crippen LogP contribution is 2.26. The van der Waals surface area contributed by atoms with Crippen LogP contribution >= 0.6 is 22.9 Å². The molecule has 90 valence electrons. The second-order valence-corrected chi connectivity index (χ2v) is 5.49. The fraction of sp³-hybridized carbons (Fsp3) is 0.364. The molecule has 0 bridgehead atoms. The van der Waals surface area contributed by atoms with Crippen LogP contribution in [0.2, 0.25) is 5.15 Å². The number of anilines is 1. The van der Waals surface area contributed by atoms with Crippen LogP contribution < -0.4 is 5.32 Å². The average molecular weight is 269 g/mol. The molecule has 0 atom stereocenters. The van der Waals surface area contributed by atoms with Crippen molar-refractivity contribution in [2.24, 2.45) is 0 Å². The van der Waals surface area contributed by atoms with E-state index in [1.54, 1.807) is 23.6 Å². The molecule has 2 rings (SSSR count). The lowest BCUT2D eigenvalue weighted by atomic mass is 10.1. The predicted octanol–water partition coefficient (Wildman–Crippen LogP) is 3.24. The molecule has 4 nitrogen and oxygen atoms in total. The van der Waals surface area contributed by atoms with Crippen LogP contribution in [0.3, 0.4) is 0 Å². The maximum atomic E-state index is 5.90. The molecular formula is C11H13ClN4S. The standard InChI is InChI=1S/C11H13ClN4S/c1-7-14-8(12)6-9(15-7)16-11(2,3)10-13-4-5-17-10/h4-6H,1-3H3,(H,14,15,16). The van der Waals surface area contributed by atoms with Crippen LogP contribution in [-0.2, 0) is 5.54 Å². The first kappa shape index (κ1) is 12.3. The minimum Gasteiger partial charge on any atom is -0.359 e. The number of thiazole rings is 1. The van der Waals surface area contributed by atoms with Crippen LogP contribution in [0.25, 0.3) is 0 Å². The van der Waals surface area contributed by atoms with Gasteiger partial charge in [-0.25, -0.2) is 15.0 Å². The Balaban J connectivity index is 2.26. The lowest BCUT2D eigenvalue weighted by molar-refractivity contribution is 0.600. The fourth-order valence-electron chi connectivity index (χ4n) is 1.50. The molecule has 0 fully saturated rings. The van der Waals surface area contributed by atoms with E-state index in [1.807, 2.05) is 12.3 Å². The van der Waals surface area contributed by atoms with E-state index in [0.717, 1.165) is 5.01 Å². The molecule has 6 heteroatoms. The molecule has 0 aliphatic carbocycles. The van der Waals surface area contributed by atoms with Gasteiger partial charge in [-0.05, 0) is 20.8 Å². The number of rotatable bonds is 3. The van der Waals surface area contributed by atoms with Gasteiger partial charge in [0.25, 0.3) is 0 Å². The molecule has 2 heterocycles. The maximum Gasteiger partial charge on any atom is 0.134 e. The molecule has 0 spiro atoms. The van der Waals surface area contributed by atoms with Crippen LogP contribution in [0.1, 0.15) is 24.7 Å². The Kier molecular flexibility index (Phi) is 3.31. The highest BCUT2D eigenvalue weighted by molar-refractivity contribution is 7.09. The summed E-state index contributed by atoms with van der Waals surface area (Å²) in [5, 5.41) is 6.71. The minimum absolute atomic E-state index is 0.279. The van der Waals surface area contributed by atoms with Gasteiger partial charge in [-0.3, -0.25) is 0 Å². The molecule has 0 saturated carbocycles. The van der Waals surface area contributed by atoms with Crippen LogP contribution in [0.5, 0.6) is 0 Å². The lowest BCUT2D eigenvalue weighted by Crippen LogP contribution is -2.28. The van der Waals surface area contributed by atoms with E-state index in [4.69, 9.17) is 11.6 Å². The third-order valence-electron chi connectivity index (χ3n) is 2.21. The Labute approximate surface area is 109 Å².